The van der Waals surface area contributed by atoms with Crippen molar-refractivity contribution >= 4 is 5.78 Å². The molecule has 1 aromatic carbocycles. The Morgan fingerprint density at radius 3 is 2.65 bits per heavy atom. The van der Waals surface area contributed by atoms with Gasteiger partial charge in [0.25, 0.3) is 0 Å². The van der Waals surface area contributed by atoms with Gasteiger partial charge in [0.05, 0.1) is 13.2 Å². The normalized spacial score (nSPS) is 24.2. The van der Waals surface area contributed by atoms with E-state index in [1.54, 1.807) is 7.11 Å². The maximum absolute atomic E-state index is 11.8. The maximum atomic E-state index is 11.8. The lowest BCUT2D eigenvalue weighted by Crippen LogP contribution is -2.41. The highest BCUT2D eigenvalue weighted by Crippen LogP contribution is 2.29. The molecule has 1 saturated carbocycles. The molecule has 0 aromatic heterocycles. The van der Waals surface area contributed by atoms with Crippen LogP contribution >= 0.6 is 0 Å². The molecule has 0 saturated heterocycles. The third kappa shape index (κ3) is 2.73. The third-order valence-electron chi connectivity index (χ3n) is 3.33. The predicted octanol–water partition coefficient (Wildman–Crippen LogP) is 2.34. The lowest BCUT2D eigenvalue weighted by atomic mass is 10.0. The largest absolute Gasteiger partial charge is 0.373 e. The van der Waals surface area contributed by atoms with Crippen molar-refractivity contribution in [1.82, 2.24) is 0 Å². The van der Waals surface area contributed by atoms with Crippen molar-refractivity contribution in [2.24, 2.45) is 0 Å². The molecule has 1 fully saturated rings. The first-order valence-electron chi connectivity index (χ1n) is 5.97. The Labute approximate surface area is 102 Å². The van der Waals surface area contributed by atoms with Crippen molar-refractivity contribution < 1.29 is 14.3 Å². The molecule has 0 spiro atoms. The molecule has 0 heterocycles. The molecule has 1 aliphatic carbocycles. The van der Waals surface area contributed by atoms with E-state index in [0.717, 1.165) is 18.4 Å². The zero-order valence-corrected chi connectivity index (χ0v) is 10.1. The van der Waals surface area contributed by atoms with Crippen molar-refractivity contribution in [3.8, 4) is 0 Å². The molecule has 0 amide bonds. The Morgan fingerprint density at radius 2 is 2.06 bits per heavy atom. The zero-order chi connectivity index (χ0) is 12.1. The number of methoxy groups -OCH3 is 1. The van der Waals surface area contributed by atoms with Crippen molar-refractivity contribution in [2.45, 2.75) is 31.5 Å². The van der Waals surface area contributed by atoms with Crippen molar-refractivity contribution in [2.75, 3.05) is 13.7 Å². The van der Waals surface area contributed by atoms with E-state index in [2.05, 4.69) is 0 Å². The summed E-state index contributed by atoms with van der Waals surface area (Å²) in [6.45, 7) is 0.885. The number of benzene rings is 1. The molecule has 1 atom stereocenters. The van der Waals surface area contributed by atoms with Crippen LogP contribution in [0.25, 0.3) is 0 Å². The third-order valence-corrected chi connectivity index (χ3v) is 3.33. The summed E-state index contributed by atoms with van der Waals surface area (Å²) < 4.78 is 11.0. The number of hydrogen-bond acceptors (Lipinski definition) is 3. The van der Waals surface area contributed by atoms with Gasteiger partial charge in [0, 0.05) is 13.5 Å². The second-order valence-electron chi connectivity index (χ2n) is 4.45. The van der Waals surface area contributed by atoms with Crippen molar-refractivity contribution in [3.05, 3.63) is 35.9 Å². The van der Waals surface area contributed by atoms with Crippen LogP contribution < -0.4 is 0 Å². The lowest BCUT2D eigenvalue weighted by Gasteiger charge is -2.25. The molecule has 0 bridgehead atoms. The minimum Gasteiger partial charge on any atom is -0.373 e. The van der Waals surface area contributed by atoms with Gasteiger partial charge in [0.2, 0.25) is 0 Å². The number of rotatable bonds is 5. The predicted molar refractivity (Wildman–Crippen MR) is 64.7 cm³/mol. The van der Waals surface area contributed by atoms with Gasteiger partial charge in [-0.3, -0.25) is 4.79 Å². The average molecular weight is 234 g/mol. The fraction of sp³-hybridized carbons (Fsp3) is 0.500. The number of ether oxygens (including phenoxy) is 2. The summed E-state index contributed by atoms with van der Waals surface area (Å²) in [6.07, 6.45) is 2.29. The van der Waals surface area contributed by atoms with Crippen LogP contribution in [0.5, 0.6) is 0 Å². The highest BCUT2D eigenvalue weighted by molar-refractivity contribution is 5.89. The summed E-state index contributed by atoms with van der Waals surface area (Å²) >= 11 is 0. The van der Waals surface area contributed by atoms with E-state index in [4.69, 9.17) is 9.47 Å². The monoisotopic (exact) mass is 234 g/mol. The molecule has 2 rings (SSSR count). The Hall–Kier alpha value is -1.19. The van der Waals surface area contributed by atoms with E-state index < -0.39 is 5.60 Å². The number of Topliss-reactive ketones (excluding diaryl/α,β-unsaturated/α-hetero) is 1. The fourth-order valence-corrected chi connectivity index (χ4v) is 2.24. The Morgan fingerprint density at radius 1 is 1.29 bits per heavy atom. The molecule has 92 valence electrons. The minimum atomic E-state index is -0.686. The summed E-state index contributed by atoms with van der Waals surface area (Å²) in [4.78, 5) is 11.8. The smallest absolute Gasteiger partial charge is 0.166 e. The Bertz CT molecular complexity index is 374. The molecule has 1 aromatic rings. The van der Waals surface area contributed by atoms with Gasteiger partial charge in [0.15, 0.2) is 5.78 Å². The van der Waals surface area contributed by atoms with Gasteiger partial charge >= 0.3 is 0 Å². The van der Waals surface area contributed by atoms with Crippen LogP contribution in [0.4, 0.5) is 0 Å². The quantitative estimate of drug-likeness (QED) is 0.784. The molecule has 0 N–H and O–H groups in total. The van der Waals surface area contributed by atoms with Gasteiger partial charge in [-0.15, -0.1) is 0 Å². The van der Waals surface area contributed by atoms with Crippen LogP contribution in [0, 0.1) is 0 Å². The topological polar surface area (TPSA) is 35.5 Å². The highest BCUT2D eigenvalue weighted by Gasteiger charge is 2.42. The van der Waals surface area contributed by atoms with Crippen LogP contribution in [-0.2, 0) is 20.9 Å². The first-order valence-corrected chi connectivity index (χ1v) is 5.97. The van der Waals surface area contributed by atoms with Gasteiger partial charge < -0.3 is 9.47 Å². The number of carbonyl (C=O) groups is 1. The first kappa shape index (κ1) is 12.3. The molecule has 1 unspecified atom stereocenters. The average Bonchev–Trinajstić information content (AvgIpc) is 2.73. The summed E-state index contributed by atoms with van der Waals surface area (Å²) in [5, 5.41) is 0. The number of carbonyl (C=O) groups excluding carboxylic acids is 1. The van der Waals surface area contributed by atoms with Gasteiger partial charge in [-0.1, -0.05) is 30.3 Å². The van der Waals surface area contributed by atoms with Crippen LogP contribution in [0.2, 0.25) is 0 Å². The van der Waals surface area contributed by atoms with Gasteiger partial charge in [-0.25, -0.2) is 0 Å². The maximum Gasteiger partial charge on any atom is 0.166 e. The van der Waals surface area contributed by atoms with Gasteiger partial charge in [-0.2, -0.15) is 0 Å². The summed E-state index contributed by atoms with van der Waals surface area (Å²) in [7, 11) is 1.59. The summed E-state index contributed by atoms with van der Waals surface area (Å²) in [5.41, 5.74) is 0.429. The van der Waals surface area contributed by atoms with E-state index in [-0.39, 0.29) is 5.78 Å². The molecule has 3 heteroatoms. The van der Waals surface area contributed by atoms with Crippen LogP contribution in [0.1, 0.15) is 24.8 Å². The second kappa shape index (κ2) is 5.43. The lowest BCUT2D eigenvalue weighted by molar-refractivity contribution is -0.145. The molecule has 0 aliphatic heterocycles. The highest BCUT2D eigenvalue weighted by atomic mass is 16.5. The van der Waals surface area contributed by atoms with E-state index in [9.17, 15) is 4.79 Å². The van der Waals surface area contributed by atoms with E-state index in [1.165, 1.54) is 0 Å². The van der Waals surface area contributed by atoms with E-state index in [1.807, 2.05) is 30.3 Å². The van der Waals surface area contributed by atoms with Crippen LogP contribution in [-0.4, -0.2) is 25.1 Å². The molecule has 0 radical (unpaired) electrons. The molecular weight excluding hydrogens is 216 g/mol. The Kier molecular flexibility index (Phi) is 3.92. The van der Waals surface area contributed by atoms with Crippen molar-refractivity contribution in [3.63, 3.8) is 0 Å². The van der Waals surface area contributed by atoms with E-state index >= 15 is 0 Å². The minimum absolute atomic E-state index is 0.174. The molecular formula is C14H18O3. The first-order chi connectivity index (χ1) is 8.27. The second-order valence-corrected chi connectivity index (χ2v) is 4.45. The Balaban J connectivity index is 1.87. The standard InChI is InChI=1S/C14H18O3/c1-16-14(9-5-8-13(14)15)11-17-10-12-6-3-2-4-7-12/h2-4,6-7H,5,8-11H2,1H3. The molecule has 1 aliphatic rings. The molecule has 17 heavy (non-hydrogen) atoms. The van der Waals surface area contributed by atoms with Gasteiger partial charge in [0.1, 0.15) is 5.60 Å². The summed E-state index contributed by atoms with van der Waals surface area (Å²) in [6, 6.07) is 9.95. The zero-order valence-electron chi connectivity index (χ0n) is 10.1. The van der Waals surface area contributed by atoms with Crippen molar-refractivity contribution in [1.29, 1.82) is 0 Å². The SMILES string of the molecule is COC1(COCc2ccccc2)CCCC1=O. The van der Waals surface area contributed by atoms with Gasteiger partial charge in [-0.05, 0) is 18.4 Å². The fourth-order valence-electron chi connectivity index (χ4n) is 2.24. The number of hydrogen-bond donors (Lipinski definition) is 0. The van der Waals surface area contributed by atoms with Crippen LogP contribution in [0.3, 0.4) is 0 Å². The van der Waals surface area contributed by atoms with Crippen LogP contribution in [0.15, 0.2) is 30.3 Å². The molecule has 3 nitrogen and oxygen atoms in total. The number of ketones is 1. The van der Waals surface area contributed by atoms with E-state index in [0.29, 0.717) is 19.6 Å². The summed E-state index contributed by atoms with van der Waals surface area (Å²) in [5.74, 6) is 0.174.